The number of nitrogen functional groups attached to an aromatic ring is 1. The highest BCUT2D eigenvalue weighted by Crippen LogP contribution is 2.42. The number of nitrogens with two attached hydrogens (primary N) is 1. The summed E-state index contributed by atoms with van der Waals surface area (Å²) in [6.45, 7) is 11.0. The SMILES string of the molecule is C=CCOC1OCC2C[C@@H](OC(C)=O)C=C21.C=CCOC1OCC2C[C@@H](n3cnc4c(N)ncnc43)C=C21. The smallest absolute Gasteiger partial charge is 0.303 e. The summed E-state index contributed by atoms with van der Waals surface area (Å²) in [5, 5.41) is 0. The van der Waals surface area contributed by atoms with Gasteiger partial charge in [0, 0.05) is 18.8 Å². The molecule has 2 fully saturated rings. The van der Waals surface area contributed by atoms with Gasteiger partial charge < -0.3 is 34.0 Å². The van der Waals surface area contributed by atoms with Crippen molar-refractivity contribution in [2.75, 3.05) is 32.2 Å². The van der Waals surface area contributed by atoms with Crippen LogP contribution in [0.4, 0.5) is 5.82 Å². The highest BCUT2D eigenvalue weighted by Gasteiger charge is 2.40. The fraction of sp³-hybridized carbons (Fsp3) is 0.481. The molecule has 6 rings (SSSR count). The third kappa shape index (κ3) is 5.41. The highest BCUT2D eigenvalue weighted by molar-refractivity contribution is 5.81. The number of imidazole rings is 1. The third-order valence-electron chi connectivity index (χ3n) is 6.98. The molecule has 11 nitrogen and oxygen atoms in total. The van der Waals surface area contributed by atoms with Gasteiger partial charge in [0.05, 0.1) is 38.8 Å². The van der Waals surface area contributed by atoms with Crippen LogP contribution in [0.1, 0.15) is 25.8 Å². The highest BCUT2D eigenvalue weighted by atomic mass is 16.7. The van der Waals surface area contributed by atoms with Crippen molar-refractivity contribution >= 4 is 23.0 Å². The lowest BCUT2D eigenvalue weighted by molar-refractivity contribution is -0.144. The molecule has 11 heteroatoms. The lowest BCUT2D eigenvalue weighted by atomic mass is 10.0. The largest absolute Gasteiger partial charge is 0.458 e. The number of ether oxygens (including phenoxy) is 5. The Balaban J connectivity index is 0.000000163. The Bertz CT molecular complexity index is 1260. The van der Waals surface area contributed by atoms with E-state index < -0.39 is 0 Å². The van der Waals surface area contributed by atoms with Gasteiger partial charge in [-0.25, -0.2) is 15.0 Å². The predicted molar refractivity (Wildman–Crippen MR) is 138 cm³/mol. The first-order valence-electron chi connectivity index (χ1n) is 12.7. The van der Waals surface area contributed by atoms with Gasteiger partial charge in [-0.2, -0.15) is 0 Å². The van der Waals surface area contributed by atoms with Crippen LogP contribution < -0.4 is 5.73 Å². The van der Waals surface area contributed by atoms with Crippen LogP contribution in [0.5, 0.6) is 0 Å². The molecule has 2 N–H and O–H groups in total. The first-order chi connectivity index (χ1) is 18.5. The molecule has 0 aromatic carbocycles. The van der Waals surface area contributed by atoms with Crippen LogP contribution in [0.25, 0.3) is 11.2 Å². The molecule has 2 aromatic heterocycles. The third-order valence-corrected chi connectivity index (χ3v) is 6.98. The van der Waals surface area contributed by atoms with Gasteiger partial charge in [-0.1, -0.05) is 18.2 Å². The van der Waals surface area contributed by atoms with Gasteiger partial charge >= 0.3 is 5.97 Å². The maximum Gasteiger partial charge on any atom is 0.303 e. The van der Waals surface area contributed by atoms with Crippen LogP contribution in [0, 0.1) is 11.8 Å². The number of hydrogen-bond acceptors (Lipinski definition) is 10. The van der Waals surface area contributed by atoms with Gasteiger partial charge in [-0.05, 0) is 30.1 Å². The molecule has 2 aliphatic heterocycles. The zero-order valence-electron chi connectivity index (χ0n) is 21.4. The molecule has 4 heterocycles. The number of nitrogens with zero attached hydrogens (tertiary/aromatic N) is 4. The van der Waals surface area contributed by atoms with Gasteiger partial charge in [0.25, 0.3) is 0 Å². The first-order valence-corrected chi connectivity index (χ1v) is 12.7. The maximum absolute atomic E-state index is 10.8. The van der Waals surface area contributed by atoms with E-state index in [4.69, 9.17) is 29.4 Å². The van der Waals surface area contributed by atoms with Crippen molar-refractivity contribution in [1.29, 1.82) is 0 Å². The monoisotopic (exact) mass is 523 g/mol. The van der Waals surface area contributed by atoms with Gasteiger partial charge in [0.15, 0.2) is 24.0 Å². The number of carbonyl (C=O) groups is 1. The fourth-order valence-corrected chi connectivity index (χ4v) is 5.36. The number of hydrogen-bond donors (Lipinski definition) is 1. The summed E-state index contributed by atoms with van der Waals surface area (Å²) in [5.74, 6) is 0.882. The lowest BCUT2D eigenvalue weighted by Gasteiger charge is -2.13. The van der Waals surface area contributed by atoms with Crippen molar-refractivity contribution in [2.45, 2.75) is 44.5 Å². The molecule has 6 atom stereocenters. The molecular formula is C27H33N5O6. The molecule has 38 heavy (non-hydrogen) atoms. The minimum atomic E-state index is -0.288. The van der Waals surface area contributed by atoms with Crippen molar-refractivity contribution in [2.24, 2.45) is 11.8 Å². The van der Waals surface area contributed by atoms with Crippen LogP contribution in [0.3, 0.4) is 0 Å². The van der Waals surface area contributed by atoms with E-state index >= 15 is 0 Å². The standard InChI is InChI=1S/C15H17N5O2.C12H16O4/c1-2-3-21-15-11-5-10(4-9(11)6-22-15)20-8-19-12-13(16)17-7-18-14(12)20;1-3-4-14-12-11-6-10(16-8(2)13)5-9(11)7-15-12/h2,5,7-10,15H,1,3-4,6H2,(H2,16,17,18);3,6,9-10,12H,1,4-5,7H2,2H3/t9?,10-,15?;9?,10-,12?/m11/s1. The molecule has 4 aliphatic rings. The summed E-state index contributed by atoms with van der Waals surface area (Å²) >= 11 is 0. The molecule has 2 aromatic rings. The van der Waals surface area contributed by atoms with E-state index in [1.807, 2.05) is 10.6 Å². The quantitative estimate of drug-likeness (QED) is 0.407. The van der Waals surface area contributed by atoms with Gasteiger partial charge in [0.2, 0.25) is 0 Å². The Morgan fingerprint density at radius 1 is 1.05 bits per heavy atom. The molecule has 0 amide bonds. The van der Waals surface area contributed by atoms with E-state index in [2.05, 4.69) is 34.2 Å². The first kappa shape index (κ1) is 26.2. The van der Waals surface area contributed by atoms with Gasteiger partial charge in [-0.3, -0.25) is 4.79 Å². The number of fused-ring (bicyclic) bond motifs is 3. The van der Waals surface area contributed by atoms with Crippen molar-refractivity contribution in [1.82, 2.24) is 19.5 Å². The minimum absolute atomic E-state index is 0.115. The van der Waals surface area contributed by atoms with Crippen molar-refractivity contribution in [3.05, 3.63) is 61.3 Å². The average Bonchev–Trinajstić information content (AvgIpc) is 3.69. The number of carbonyl (C=O) groups excluding carboxylic acids is 1. The van der Waals surface area contributed by atoms with Crippen LogP contribution in [0.2, 0.25) is 0 Å². The van der Waals surface area contributed by atoms with Gasteiger partial charge in [0.1, 0.15) is 17.9 Å². The van der Waals surface area contributed by atoms with E-state index in [0.29, 0.717) is 49.6 Å². The van der Waals surface area contributed by atoms with E-state index in [-0.39, 0.29) is 30.7 Å². The molecule has 0 radical (unpaired) electrons. The maximum atomic E-state index is 10.8. The van der Waals surface area contributed by atoms with Gasteiger partial charge in [-0.15, -0.1) is 13.2 Å². The molecular weight excluding hydrogens is 490 g/mol. The molecule has 0 bridgehead atoms. The lowest BCUT2D eigenvalue weighted by Crippen LogP contribution is -2.15. The number of esters is 1. The molecule has 202 valence electrons. The van der Waals surface area contributed by atoms with E-state index in [9.17, 15) is 4.79 Å². The van der Waals surface area contributed by atoms with Crippen molar-refractivity contribution in [3.8, 4) is 0 Å². The molecule has 2 aliphatic carbocycles. The Kier molecular flexibility index (Phi) is 7.98. The van der Waals surface area contributed by atoms with Crippen molar-refractivity contribution < 1.29 is 28.5 Å². The Morgan fingerprint density at radius 2 is 1.71 bits per heavy atom. The summed E-state index contributed by atoms with van der Waals surface area (Å²) in [5.41, 5.74) is 9.56. The van der Waals surface area contributed by atoms with E-state index in [0.717, 1.165) is 24.1 Å². The summed E-state index contributed by atoms with van der Waals surface area (Å²) < 4.78 is 29.5. The number of anilines is 1. The zero-order chi connectivity index (χ0) is 26.6. The molecule has 4 unspecified atom stereocenters. The van der Waals surface area contributed by atoms with Crippen LogP contribution in [0.15, 0.2) is 61.3 Å². The van der Waals surface area contributed by atoms with Crippen LogP contribution >= 0.6 is 0 Å². The summed E-state index contributed by atoms with van der Waals surface area (Å²) in [6, 6.07) is 0.193. The molecule has 2 saturated heterocycles. The normalized spacial score (nSPS) is 29.2. The second-order valence-electron chi connectivity index (χ2n) is 9.57. The Morgan fingerprint density at radius 3 is 2.37 bits per heavy atom. The Labute approximate surface area is 221 Å². The predicted octanol–water partition coefficient (Wildman–Crippen LogP) is 2.88. The molecule has 0 saturated carbocycles. The fourth-order valence-electron chi connectivity index (χ4n) is 5.36. The molecule has 0 spiro atoms. The second-order valence-corrected chi connectivity index (χ2v) is 9.57. The van der Waals surface area contributed by atoms with Crippen molar-refractivity contribution in [3.63, 3.8) is 0 Å². The topological polar surface area (TPSA) is 133 Å². The minimum Gasteiger partial charge on any atom is -0.458 e. The summed E-state index contributed by atoms with van der Waals surface area (Å²) in [4.78, 5) is 23.5. The van der Waals surface area contributed by atoms with E-state index in [1.54, 1.807) is 18.5 Å². The summed E-state index contributed by atoms with van der Waals surface area (Å²) in [7, 11) is 0. The van der Waals surface area contributed by atoms with E-state index in [1.165, 1.54) is 18.8 Å². The zero-order valence-corrected chi connectivity index (χ0v) is 21.4. The number of rotatable bonds is 8. The number of allylic oxidation sites excluding steroid dienone is 1. The van der Waals surface area contributed by atoms with Crippen LogP contribution in [-0.2, 0) is 28.5 Å². The average molecular weight is 524 g/mol. The second kappa shape index (κ2) is 11.6. The summed E-state index contributed by atoms with van der Waals surface area (Å²) in [6.07, 6.45) is 11.9. The Hall–Kier alpha value is -3.38. The van der Waals surface area contributed by atoms with Crippen LogP contribution in [-0.4, -0.2) is 70.6 Å². The number of aromatic nitrogens is 4.